The van der Waals surface area contributed by atoms with Crippen LogP contribution in [0, 0.1) is 6.92 Å². The number of pyridine rings is 1. The monoisotopic (exact) mass is 332 g/mol. The van der Waals surface area contributed by atoms with Gasteiger partial charge in [0.1, 0.15) is 6.10 Å². The summed E-state index contributed by atoms with van der Waals surface area (Å²) >= 11 is 0. The Balaban J connectivity index is 1.60. The fourth-order valence-electron chi connectivity index (χ4n) is 3.59. The molecule has 1 aromatic heterocycles. The minimum absolute atomic E-state index is 0.144. The van der Waals surface area contributed by atoms with Gasteiger partial charge in [-0.1, -0.05) is 48.5 Å². The fourth-order valence-corrected chi connectivity index (χ4v) is 3.59. The molecule has 0 saturated carbocycles. The lowest BCUT2D eigenvalue weighted by molar-refractivity contribution is 0.158. The first kappa shape index (κ1) is 16.1. The van der Waals surface area contributed by atoms with Crippen molar-refractivity contribution in [1.29, 1.82) is 0 Å². The fraction of sp³-hybridized carbons (Fsp3) is 0.318. The number of aromatic nitrogens is 1. The van der Waals surface area contributed by atoms with E-state index in [1.165, 1.54) is 22.1 Å². The highest BCUT2D eigenvalue weighted by Gasteiger charge is 2.21. The highest BCUT2D eigenvalue weighted by Crippen LogP contribution is 2.28. The van der Waals surface area contributed by atoms with E-state index >= 15 is 0 Å². The first-order valence-corrected chi connectivity index (χ1v) is 9.01. The lowest BCUT2D eigenvalue weighted by Crippen LogP contribution is -2.32. The summed E-state index contributed by atoms with van der Waals surface area (Å²) in [5, 5.41) is 1.19. The van der Waals surface area contributed by atoms with Crippen molar-refractivity contribution in [3.8, 4) is 5.88 Å². The van der Waals surface area contributed by atoms with Gasteiger partial charge in [0, 0.05) is 30.6 Å². The van der Waals surface area contributed by atoms with Crippen LogP contribution in [0.25, 0.3) is 10.9 Å². The van der Waals surface area contributed by atoms with Crippen molar-refractivity contribution in [2.24, 2.45) is 0 Å². The minimum atomic E-state index is 0.144. The quantitative estimate of drug-likeness (QED) is 0.712. The Labute approximate surface area is 149 Å². The molecule has 2 aromatic carbocycles. The van der Waals surface area contributed by atoms with Gasteiger partial charge in [-0.2, -0.15) is 0 Å². The van der Waals surface area contributed by atoms with Crippen LogP contribution in [0.5, 0.6) is 5.88 Å². The van der Waals surface area contributed by atoms with Gasteiger partial charge in [0.2, 0.25) is 5.88 Å². The molecular weight excluding hydrogens is 308 g/mol. The zero-order chi connectivity index (χ0) is 17.2. The number of para-hydroxylation sites is 1. The third-order valence-electron chi connectivity index (χ3n) is 4.87. The average molecular weight is 332 g/mol. The standard InChI is InChI=1S/C22H24N2O/c1-16-7-6-10-19-13-20-15-24(12-11-18-8-4-3-5-9-18)14-17(2)25-22(20)23-21(16)19/h3-10,13,17H,11-12,14-15H2,1-2H3/t17-/m1/s1. The topological polar surface area (TPSA) is 25.4 Å². The van der Waals surface area contributed by atoms with Crippen LogP contribution >= 0.6 is 0 Å². The van der Waals surface area contributed by atoms with E-state index < -0.39 is 0 Å². The van der Waals surface area contributed by atoms with Gasteiger partial charge in [-0.05, 0) is 37.5 Å². The average Bonchev–Trinajstić information content (AvgIpc) is 2.77. The van der Waals surface area contributed by atoms with E-state index in [-0.39, 0.29) is 6.10 Å². The molecule has 2 heterocycles. The molecule has 4 rings (SSSR count). The first-order chi connectivity index (χ1) is 12.2. The van der Waals surface area contributed by atoms with E-state index in [9.17, 15) is 0 Å². The number of fused-ring (bicyclic) bond motifs is 2. The Bertz CT molecular complexity index is 876. The van der Waals surface area contributed by atoms with E-state index in [1.54, 1.807) is 0 Å². The third-order valence-corrected chi connectivity index (χ3v) is 4.87. The number of hydrogen-bond acceptors (Lipinski definition) is 3. The van der Waals surface area contributed by atoms with Crippen LogP contribution in [0.2, 0.25) is 0 Å². The molecule has 0 radical (unpaired) electrons. The zero-order valence-electron chi connectivity index (χ0n) is 14.9. The molecule has 0 fully saturated rings. The molecule has 1 aliphatic rings. The van der Waals surface area contributed by atoms with Gasteiger partial charge in [-0.15, -0.1) is 0 Å². The van der Waals surface area contributed by atoms with Gasteiger partial charge in [0.25, 0.3) is 0 Å². The van der Waals surface area contributed by atoms with Gasteiger partial charge in [0.05, 0.1) is 5.52 Å². The molecule has 0 bridgehead atoms. The second kappa shape index (κ2) is 6.85. The van der Waals surface area contributed by atoms with E-state index in [0.717, 1.165) is 37.5 Å². The van der Waals surface area contributed by atoms with Crippen molar-refractivity contribution in [3.05, 3.63) is 71.3 Å². The van der Waals surface area contributed by atoms with E-state index in [0.29, 0.717) is 0 Å². The predicted molar refractivity (Wildman–Crippen MR) is 102 cm³/mol. The van der Waals surface area contributed by atoms with Gasteiger partial charge >= 0.3 is 0 Å². The Morgan fingerprint density at radius 3 is 2.80 bits per heavy atom. The van der Waals surface area contributed by atoms with Gasteiger partial charge < -0.3 is 4.74 Å². The van der Waals surface area contributed by atoms with Crippen LogP contribution in [-0.2, 0) is 13.0 Å². The summed E-state index contributed by atoms with van der Waals surface area (Å²) in [6.45, 7) is 7.09. The van der Waals surface area contributed by atoms with Crippen LogP contribution in [0.3, 0.4) is 0 Å². The summed E-state index contributed by atoms with van der Waals surface area (Å²) in [6.07, 6.45) is 1.20. The van der Waals surface area contributed by atoms with E-state index in [4.69, 9.17) is 9.72 Å². The predicted octanol–water partition coefficient (Wildman–Crippen LogP) is 4.37. The number of benzene rings is 2. The molecule has 0 spiro atoms. The molecule has 25 heavy (non-hydrogen) atoms. The molecule has 0 unspecified atom stereocenters. The number of nitrogens with zero attached hydrogens (tertiary/aromatic N) is 2. The molecule has 0 amide bonds. The maximum absolute atomic E-state index is 6.15. The second-order valence-electron chi connectivity index (χ2n) is 7.00. The normalized spacial score (nSPS) is 17.8. The molecule has 0 saturated heterocycles. The van der Waals surface area contributed by atoms with Gasteiger partial charge in [-0.3, -0.25) is 4.90 Å². The van der Waals surface area contributed by atoms with Crippen LogP contribution in [0.15, 0.2) is 54.6 Å². The molecule has 3 aromatic rings. The van der Waals surface area contributed by atoms with Gasteiger partial charge in [-0.25, -0.2) is 4.98 Å². The maximum atomic E-state index is 6.15. The molecule has 3 heteroatoms. The molecule has 128 valence electrons. The number of rotatable bonds is 3. The summed E-state index contributed by atoms with van der Waals surface area (Å²) in [5.74, 6) is 0.802. The SMILES string of the molecule is Cc1cccc2cc3c(nc12)O[C@H](C)CN(CCc1ccccc1)C3. The largest absolute Gasteiger partial charge is 0.473 e. The Kier molecular flexibility index (Phi) is 4.41. The number of aryl methyl sites for hydroxylation is 1. The maximum Gasteiger partial charge on any atom is 0.218 e. The summed E-state index contributed by atoms with van der Waals surface area (Å²) in [5.41, 5.74) is 4.82. The molecule has 0 aliphatic carbocycles. The van der Waals surface area contributed by atoms with E-state index in [1.807, 2.05) is 0 Å². The lowest BCUT2D eigenvalue weighted by atomic mass is 10.1. The molecule has 3 nitrogen and oxygen atoms in total. The Morgan fingerprint density at radius 1 is 1.12 bits per heavy atom. The van der Waals surface area contributed by atoms with Crippen LogP contribution in [0.4, 0.5) is 0 Å². The number of ether oxygens (including phenoxy) is 1. The van der Waals surface area contributed by atoms with Crippen molar-refractivity contribution in [1.82, 2.24) is 9.88 Å². The first-order valence-electron chi connectivity index (χ1n) is 9.01. The number of hydrogen-bond donors (Lipinski definition) is 0. The Hall–Kier alpha value is -2.39. The van der Waals surface area contributed by atoms with Crippen LogP contribution < -0.4 is 4.74 Å². The summed E-state index contributed by atoms with van der Waals surface area (Å²) in [6, 6.07) is 19.3. The molecule has 0 N–H and O–H groups in total. The van der Waals surface area contributed by atoms with Gasteiger partial charge in [0.15, 0.2) is 0 Å². The molecular formula is C22H24N2O. The Morgan fingerprint density at radius 2 is 1.96 bits per heavy atom. The van der Waals surface area contributed by atoms with Crippen LogP contribution in [0.1, 0.15) is 23.6 Å². The van der Waals surface area contributed by atoms with Crippen molar-refractivity contribution < 1.29 is 4.74 Å². The summed E-state index contributed by atoms with van der Waals surface area (Å²) in [7, 11) is 0. The lowest BCUT2D eigenvalue weighted by Gasteiger charge is -2.21. The van der Waals surface area contributed by atoms with E-state index in [2.05, 4.69) is 73.3 Å². The highest BCUT2D eigenvalue weighted by molar-refractivity contribution is 5.83. The smallest absolute Gasteiger partial charge is 0.218 e. The van der Waals surface area contributed by atoms with Crippen molar-refractivity contribution in [2.75, 3.05) is 13.1 Å². The summed E-state index contributed by atoms with van der Waals surface area (Å²) < 4.78 is 6.15. The van der Waals surface area contributed by atoms with Crippen molar-refractivity contribution >= 4 is 10.9 Å². The second-order valence-corrected chi connectivity index (χ2v) is 7.00. The van der Waals surface area contributed by atoms with Crippen molar-refractivity contribution in [2.45, 2.75) is 32.9 Å². The van der Waals surface area contributed by atoms with Crippen molar-refractivity contribution in [3.63, 3.8) is 0 Å². The zero-order valence-corrected chi connectivity index (χ0v) is 14.9. The third kappa shape index (κ3) is 3.52. The molecule has 1 aliphatic heterocycles. The van der Waals surface area contributed by atoms with Crippen LogP contribution in [-0.4, -0.2) is 29.1 Å². The minimum Gasteiger partial charge on any atom is -0.473 e. The highest BCUT2D eigenvalue weighted by atomic mass is 16.5. The molecule has 1 atom stereocenters. The summed E-state index contributed by atoms with van der Waals surface area (Å²) in [4.78, 5) is 7.31.